The van der Waals surface area contributed by atoms with Crippen molar-refractivity contribution in [2.75, 3.05) is 48.8 Å². The summed E-state index contributed by atoms with van der Waals surface area (Å²) < 4.78 is 31.4. The third kappa shape index (κ3) is 5.20. The first kappa shape index (κ1) is 25.4. The van der Waals surface area contributed by atoms with Crippen molar-refractivity contribution in [1.29, 1.82) is 0 Å². The Morgan fingerprint density at radius 2 is 1.95 bits per heavy atom. The van der Waals surface area contributed by atoms with Crippen LogP contribution in [0.25, 0.3) is 33.4 Å². The summed E-state index contributed by atoms with van der Waals surface area (Å²) in [6.45, 7) is 2.52. The van der Waals surface area contributed by atoms with E-state index in [-0.39, 0.29) is 5.82 Å². The molecule has 198 valence electrons. The van der Waals surface area contributed by atoms with E-state index in [2.05, 4.69) is 14.6 Å². The van der Waals surface area contributed by atoms with Crippen LogP contribution in [0, 0.1) is 5.82 Å². The molecule has 1 saturated heterocycles. The van der Waals surface area contributed by atoms with Gasteiger partial charge in [0.15, 0.2) is 11.6 Å². The number of hydrogen-bond acceptors (Lipinski definition) is 10. The zero-order valence-corrected chi connectivity index (χ0v) is 22.7. The second-order valence-corrected chi connectivity index (χ2v) is 10.9. The van der Waals surface area contributed by atoms with Crippen LogP contribution >= 0.6 is 23.3 Å². The van der Waals surface area contributed by atoms with Crippen LogP contribution in [0.3, 0.4) is 0 Å². The number of pyridine rings is 1. The number of rotatable bonds is 7. The monoisotopic (exact) mass is 560 g/mol. The van der Waals surface area contributed by atoms with Gasteiger partial charge < -0.3 is 24.8 Å². The quantitative estimate of drug-likeness (QED) is 0.229. The van der Waals surface area contributed by atoms with Crippen LogP contribution in [0.5, 0.6) is 5.75 Å². The van der Waals surface area contributed by atoms with E-state index in [1.54, 1.807) is 42.8 Å². The molecule has 1 fully saturated rings. The van der Waals surface area contributed by atoms with E-state index in [4.69, 9.17) is 25.2 Å². The molecule has 0 aliphatic carbocycles. The van der Waals surface area contributed by atoms with Gasteiger partial charge in [-0.05, 0) is 59.3 Å². The molecular weight excluding hydrogens is 535 g/mol. The third-order valence-electron chi connectivity index (χ3n) is 6.39. The fourth-order valence-corrected chi connectivity index (χ4v) is 5.89. The molecule has 11 heteroatoms. The van der Waals surface area contributed by atoms with Gasteiger partial charge in [-0.1, -0.05) is 18.2 Å². The maximum atomic E-state index is 15.8. The Bertz CT molecular complexity index is 1610. The van der Waals surface area contributed by atoms with Gasteiger partial charge in [0.05, 0.1) is 30.2 Å². The molecule has 1 aliphatic rings. The normalized spacial score (nSPS) is 13.5. The highest BCUT2D eigenvalue weighted by Gasteiger charge is 2.22. The Balaban J connectivity index is 1.48. The smallest absolute Gasteiger partial charge is 0.163 e. The first-order valence-corrected chi connectivity index (χ1v) is 14.0. The van der Waals surface area contributed by atoms with Gasteiger partial charge in [-0.15, -0.1) is 11.3 Å². The minimum Gasteiger partial charge on any atom is -0.494 e. The molecule has 2 aromatic carbocycles. The number of fused-ring (bicyclic) bond motifs is 1. The fraction of sp³-hybridized carbons (Fsp3) is 0.179. The molecule has 39 heavy (non-hydrogen) atoms. The summed E-state index contributed by atoms with van der Waals surface area (Å²) in [6, 6.07) is 16.6. The van der Waals surface area contributed by atoms with Gasteiger partial charge >= 0.3 is 0 Å². The summed E-state index contributed by atoms with van der Waals surface area (Å²) in [7, 11) is 1.59. The number of nitrogens with two attached hydrogens (primary N) is 1. The van der Waals surface area contributed by atoms with Gasteiger partial charge in [0.25, 0.3) is 0 Å². The zero-order chi connectivity index (χ0) is 26.8. The highest BCUT2D eigenvalue weighted by Crippen LogP contribution is 2.39. The highest BCUT2D eigenvalue weighted by molar-refractivity contribution is 8.02. The van der Waals surface area contributed by atoms with E-state index >= 15 is 4.39 Å². The van der Waals surface area contributed by atoms with Crippen LogP contribution in [-0.4, -0.2) is 48.4 Å². The van der Waals surface area contributed by atoms with Crippen molar-refractivity contribution in [3.05, 3.63) is 72.0 Å². The molecule has 6 rings (SSSR count). The van der Waals surface area contributed by atoms with Crippen LogP contribution in [-0.2, 0) is 4.74 Å². The number of halogens is 1. The predicted molar refractivity (Wildman–Crippen MR) is 156 cm³/mol. The van der Waals surface area contributed by atoms with Crippen molar-refractivity contribution in [3.8, 4) is 28.3 Å². The minimum atomic E-state index is -0.346. The Labute approximate surface area is 233 Å². The molecule has 0 saturated carbocycles. The number of benzene rings is 2. The first-order chi connectivity index (χ1) is 19.1. The van der Waals surface area contributed by atoms with Crippen LogP contribution in [0.4, 0.5) is 21.7 Å². The second kappa shape index (κ2) is 11.0. The van der Waals surface area contributed by atoms with Crippen LogP contribution in [0.1, 0.15) is 0 Å². The largest absolute Gasteiger partial charge is 0.494 e. The van der Waals surface area contributed by atoms with E-state index in [1.807, 2.05) is 41.8 Å². The summed E-state index contributed by atoms with van der Waals surface area (Å²) in [4.78, 5) is 16.2. The molecule has 0 amide bonds. The number of methoxy groups -OCH3 is 1. The summed E-state index contributed by atoms with van der Waals surface area (Å²) in [6.07, 6.45) is 1.66. The lowest BCUT2D eigenvalue weighted by Crippen LogP contribution is -2.37. The van der Waals surface area contributed by atoms with Gasteiger partial charge in [-0.2, -0.15) is 0 Å². The Kier molecular flexibility index (Phi) is 7.18. The van der Waals surface area contributed by atoms with E-state index in [9.17, 15) is 0 Å². The Morgan fingerprint density at radius 1 is 1.08 bits per heavy atom. The summed E-state index contributed by atoms with van der Waals surface area (Å²) >= 11 is 2.98. The van der Waals surface area contributed by atoms with Crippen LogP contribution < -0.4 is 20.1 Å². The number of morpholine rings is 1. The number of hydrogen-bond donors (Lipinski definition) is 2. The van der Waals surface area contributed by atoms with Crippen LogP contribution in [0.2, 0.25) is 0 Å². The second-order valence-electron chi connectivity index (χ2n) is 8.82. The fourth-order valence-electron chi connectivity index (χ4n) is 4.44. The molecule has 0 bridgehead atoms. The summed E-state index contributed by atoms with van der Waals surface area (Å²) in [5.74, 6) is 1.84. The molecule has 3 N–H and O–H groups in total. The average Bonchev–Trinajstić information content (AvgIpc) is 3.50. The molecule has 1 aliphatic heterocycles. The highest BCUT2D eigenvalue weighted by atomic mass is 32.2. The topological polar surface area (TPSA) is 98.4 Å². The molecule has 0 spiro atoms. The lowest BCUT2D eigenvalue weighted by atomic mass is 10.0. The van der Waals surface area contributed by atoms with E-state index in [0.717, 1.165) is 21.0 Å². The molecule has 0 atom stereocenters. The molecule has 4 heterocycles. The van der Waals surface area contributed by atoms with Crippen LogP contribution in [0.15, 0.2) is 70.4 Å². The van der Waals surface area contributed by atoms with Gasteiger partial charge in [0.2, 0.25) is 0 Å². The van der Waals surface area contributed by atoms with Crippen molar-refractivity contribution in [2.24, 2.45) is 0 Å². The van der Waals surface area contributed by atoms with Crippen molar-refractivity contribution in [2.45, 2.75) is 4.21 Å². The van der Waals surface area contributed by atoms with Gasteiger partial charge in [0.1, 0.15) is 22.9 Å². The van der Waals surface area contributed by atoms with Gasteiger partial charge in [0, 0.05) is 35.8 Å². The number of ether oxygens (including phenoxy) is 2. The van der Waals surface area contributed by atoms with Crippen molar-refractivity contribution in [3.63, 3.8) is 0 Å². The molecule has 5 aromatic rings. The SMILES string of the molecule is COc1cc(-c2cccc(NSc3cccs3)c2F)cc2c(N3CCOCC3)nc(-c3ccc(N)nc3)nc12. The lowest BCUT2D eigenvalue weighted by molar-refractivity contribution is 0.122. The lowest BCUT2D eigenvalue weighted by Gasteiger charge is -2.29. The number of nitrogens with one attached hydrogen (secondary N) is 1. The number of thiophene rings is 1. The number of nitrogen functional groups attached to an aromatic ring is 1. The maximum Gasteiger partial charge on any atom is 0.163 e. The molecule has 3 aromatic heterocycles. The Morgan fingerprint density at radius 3 is 2.69 bits per heavy atom. The van der Waals surface area contributed by atoms with E-state index in [1.165, 1.54) is 11.9 Å². The minimum absolute atomic E-state index is 0.346. The third-order valence-corrected chi connectivity index (χ3v) is 8.25. The van der Waals surface area contributed by atoms with E-state index < -0.39 is 0 Å². The number of aromatic nitrogens is 3. The zero-order valence-electron chi connectivity index (χ0n) is 21.1. The van der Waals surface area contributed by atoms with E-state index in [0.29, 0.717) is 66.0 Å². The molecule has 8 nitrogen and oxygen atoms in total. The standard InChI is InChI=1S/C28H25FN6O2S2/c1-36-22-15-18(19-4-2-5-21(25(19)29)34-39-24-6-3-13-38-24)14-20-26(22)32-27(17-7-8-23(30)31-16-17)33-28(20)35-9-11-37-12-10-35/h2-8,13-16,34H,9-12H2,1H3,(H2,30,31). The molecule has 0 radical (unpaired) electrons. The average molecular weight is 561 g/mol. The first-order valence-electron chi connectivity index (χ1n) is 12.3. The number of anilines is 3. The Hall–Kier alpha value is -3.93. The van der Waals surface area contributed by atoms with Crippen molar-refractivity contribution in [1.82, 2.24) is 15.0 Å². The molecule has 0 unspecified atom stereocenters. The van der Waals surface area contributed by atoms with Gasteiger partial charge in [-0.3, -0.25) is 0 Å². The molecular formula is C28H25FN6O2S2. The van der Waals surface area contributed by atoms with Crippen molar-refractivity contribution < 1.29 is 13.9 Å². The van der Waals surface area contributed by atoms with Gasteiger partial charge in [-0.25, -0.2) is 19.3 Å². The van der Waals surface area contributed by atoms with Crippen molar-refractivity contribution >= 4 is 51.5 Å². The summed E-state index contributed by atoms with van der Waals surface area (Å²) in [5.41, 5.74) is 8.69. The summed E-state index contributed by atoms with van der Waals surface area (Å²) in [5, 5.41) is 2.76. The maximum absolute atomic E-state index is 15.8. The number of nitrogens with zero attached hydrogens (tertiary/aromatic N) is 4. The predicted octanol–water partition coefficient (Wildman–Crippen LogP) is 6.11.